The van der Waals surface area contributed by atoms with Crippen molar-refractivity contribution in [1.82, 2.24) is 0 Å². The highest BCUT2D eigenvalue weighted by Gasteiger charge is 2.19. The van der Waals surface area contributed by atoms with E-state index in [1.54, 1.807) is 37.3 Å². The van der Waals surface area contributed by atoms with E-state index in [0.717, 1.165) is 0 Å². The lowest BCUT2D eigenvalue weighted by molar-refractivity contribution is 0.0999. The van der Waals surface area contributed by atoms with Crippen LogP contribution in [0.1, 0.15) is 59.5 Å². The van der Waals surface area contributed by atoms with E-state index in [2.05, 4.69) is 4.72 Å². The minimum atomic E-state index is -3.73. The topological polar surface area (TPSA) is 89.3 Å². The number of sulfonamides is 1. The summed E-state index contributed by atoms with van der Waals surface area (Å²) in [6, 6.07) is 11.9. The lowest BCUT2D eigenvalue weighted by Gasteiger charge is -2.22. The normalized spacial score (nSPS) is 15.6. The predicted molar refractivity (Wildman–Crippen MR) is 103 cm³/mol. The van der Waals surface area contributed by atoms with Crippen molar-refractivity contribution >= 4 is 21.6 Å². The molecule has 0 saturated heterocycles. The first-order valence-electron chi connectivity index (χ1n) is 8.90. The molecule has 0 aliphatic heterocycles. The van der Waals surface area contributed by atoms with Crippen molar-refractivity contribution in [3.05, 3.63) is 59.2 Å². The number of nitrogens with two attached hydrogens (primary N) is 1. The zero-order chi connectivity index (χ0) is 18.7. The van der Waals surface area contributed by atoms with Crippen LogP contribution in [0, 0.1) is 6.92 Å². The molecule has 6 heteroatoms. The largest absolute Gasteiger partial charge is 0.366 e. The third kappa shape index (κ3) is 3.90. The van der Waals surface area contributed by atoms with E-state index in [1.807, 2.05) is 12.1 Å². The fourth-order valence-corrected chi connectivity index (χ4v) is 4.69. The molecule has 0 aromatic heterocycles. The van der Waals surface area contributed by atoms with Gasteiger partial charge in [0.1, 0.15) is 0 Å². The molecule has 2 aromatic rings. The van der Waals surface area contributed by atoms with Crippen LogP contribution in [0.5, 0.6) is 0 Å². The summed E-state index contributed by atoms with van der Waals surface area (Å²) in [5.74, 6) is -0.0525. The second-order valence-electron chi connectivity index (χ2n) is 6.85. The molecule has 1 aliphatic rings. The van der Waals surface area contributed by atoms with Gasteiger partial charge in [0.25, 0.3) is 10.0 Å². The van der Waals surface area contributed by atoms with Crippen molar-refractivity contribution in [2.45, 2.75) is 49.8 Å². The van der Waals surface area contributed by atoms with E-state index in [9.17, 15) is 13.2 Å². The van der Waals surface area contributed by atoms with Crippen LogP contribution in [-0.4, -0.2) is 14.3 Å². The number of nitrogens with one attached hydrogen (secondary N) is 1. The SMILES string of the molecule is Cc1c(NS(=O)(=O)c2ccc(C3CCCCC3)cc2)cccc1C(N)=O. The van der Waals surface area contributed by atoms with Crippen LogP contribution in [0.15, 0.2) is 47.4 Å². The summed E-state index contributed by atoms with van der Waals surface area (Å²) < 4.78 is 28.0. The van der Waals surface area contributed by atoms with E-state index >= 15 is 0 Å². The summed E-state index contributed by atoms with van der Waals surface area (Å²) in [6.45, 7) is 1.67. The average molecular weight is 372 g/mol. The van der Waals surface area contributed by atoms with Gasteiger partial charge in [0, 0.05) is 5.56 Å². The molecule has 0 bridgehead atoms. The summed E-state index contributed by atoms with van der Waals surface area (Å²) in [4.78, 5) is 11.7. The second kappa shape index (κ2) is 7.50. The summed E-state index contributed by atoms with van der Waals surface area (Å²) >= 11 is 0. The van der Waals surface area contributed by atoms with Gasteiger partial charge in [-0.2, -0.15) is 0 Å². The first kappa shape index (κ1) is 18.5. The van der Waals surface area contributed by atoms with Crippen LogP contribution < -0.4 is 10.5 Å². The smallest absolute Gasteiger partial charge is 0.261 e. The predicted octanol–water partition coefficient (Wildman–Crippen LogP) is 3.94. The van der Waals surface area contributed by atoms with Crippen molar-refractivity contribution in [1.29, 1.82) is 0 Å². The molecule has 0 radical (unpaired) electrons. The maximum Gasteiger partial charge on any atom is 0.261 e. The molecule has 0 atom stereocenters. The Hall–Kier alpha value is -2.34. The standard InChI is InChI=1S/C20H24N2O3S/c1-14-18(20(21)23)8-5-9-19(14)22-26(24,25)17-12-10-16(11-13-17)15-6-3-2-4-7-15/h5,8-13,15,22H,2-4,6-7H2,1H3,(H2,21,23). The summed E-state index contributed by atoms with van der Waals surface area (Å²) in [5, 5.41) is 0. The molecule has 5 nitrogen and oxygen atoms in total. The van der Waals surface area contributed by atoms with Crippen LogP contribution >= 0.6 is 0 Å². The molecule has 3 rings (SSSR count). The highest BCUT2D eigenvalue weighted by atomic mass is 32.2. The Morgan fingerprint density at radius 3 is 2.31 bits per heavy atom. The van der Waals surface area contributed by atoms with Crippen LogP contribution in [-0.2, 0) is 10.0 Å². The number of carbonyl (C=O) groups is 1. The maximum atomic E-state index is 12.7. The van der Waals surface area contributed by atoms with E-state index in [4.69, 9.17) is 5.73 Å². The first-order valence-corrected chi connectivity index (χ1v) is 10.4. The van der Waals surface area contributed by atoms with Gasteiger partial charge in [-0.05, 0) is 61.1 Å². The molecule has 0 unspecified atom stereocenters. The van der Waals surface area contributed by atoms with Crippen molar-refractivity contribution < 1.29 is 13.2 Å². The first-order chi connectivity index (χ1) is 12.4. The Kier molecular flexibility index (Phi) is 5.32. The van der Waals surface area contributed by atoms with Crippen LogP contribution in [0.25, 0.3) is 0 Å². The molecule has 26 heavy (non-hydrogen) atoms. The molecule has 2 aromatic carbocycles. The second-order valence-corrected chi connectivity index (χ2v) is 8.53. The quantitative estimate of drug-likeness (QED) is 0.833. The zero-order valence-corrected chi connectivity index (χ0v) is 15.7. The third-order valence-corrected chi connectivity index (χ3v) is 6.49. The Morgan fingerprint density at radius 1 is 1.04 bits per heavy atom. The average Bonchev–Trinajstić information content (AvgIpc) is 2.64. The molecule has 138 valence electrons. The molecule has 0 heterocycles. The molecule has 1 aliphatic carbocycles. The maximum absolute atomic E-state index is 12.7. The Labute approximate surface area is 154 Å². The van der Waals surface area contributed by atoms with E-state index in [1.165, 1.54) is 37.7 Å². The Morgan fingerprint density at radius 2 is 1.69 bits per heavy atom. The van der Waals surface area contributed by atoms with Gasteiger partial charge < -0.3 is 5.73 Å². The fraction of sp³-hybridized carbons (Fsp3) is 0.350. The number of amides is 1. The van der Waals surface area contributed by atoms with Crippen LogP contribution in [0.2, 0.25) is 0 Å². The lowest BCUT2D eigenvalue weighted by Crippen LogP contribution is -2.17. The molecular formula is C20H24N2O3S. The van der Waals surface area contributed by atoms with E-state index in [0.29, 0.717) is 22.7 Å². The van der Waals surface area contributed by atoms with Crippen molar-refractivity contribution in [3.63, 3.8) is 0 Å². The number of benzene rings is 2. The van der Waals surface area contributed by atoms with Gasteiger partial charge in [-0.15, -0.1) is 0 Å². The molecule has 3 N–H and O–H groups in total. The highest BCUT2D eigenvalue weighted by molar-refractivity contribution is 7.92. The minimum Gasteiger partial charge on any atom is -0.366 e. The zero-order valence-electron chi connectivity index (χ0n) is 14.9. The molecule has 0 spiro atoms. The fourth-order valence-electron chi connectivity index (χ4n) is 3.57. The number of rotatable bonds is 5. The van der Waals surface area contributed by atoms with Gasteiger partial charge in [-0.1, -0.05) is 37.5 Å². The van der Waals surface area contributed by atoms with Crippen molar-refractivity contribution in [2.75, 3.05) is 4.72 Å². The lowest BCUT2D eigenvalue weighted by atomic mass is 9.84. The van der Waals surface area contributed by atoms with Crippen LogP contribution in [0.4, 0.5) is 5.69 Å². The van der Waals surface area contributed by atoms with Gasteiger partial charge in [0.15, 0.2) is 0 Å². The molecule has 1 amide bonds. The minimum absolute atomic E-state index is 0.209. The molecular weight excluding hydrogens is 348 g/mol. The number of anilines is 1. The third-order valence-electron chi connectivity index (χ3n) is 5.11. The van der Waals surface area contributed by atoms with Gasteiger partial charge in [-0.3, -0.25) is 9.52 Å². The molecule has 1 fully saturated rings. The van der Waals surface area contributed by atoms with E-state index < -0.39 is 15.9 Å². The number of hydrogen-bond acceptors (Lipinski definition) is 3. The molecule has 1 saturated carbocycles. The van der Waals surface area contributed by atoms with Crippen LogP contribution in [0.3, 0.4) is 0 Å². The van der Waals surface area contributed by atoms with Crippen molar-refractivity contribution in [3.8, 4) is 0 Å². The van der Waals surface area contributed by atoms with Gasteiger partial charge in [0.05, 0.1) is 10.6 Å². The highest BCUT2D eigenvalue weighted by Crippen LogP contribution is 2.33. The summed E-state index contributed by atoms with van der Waals surface area (Å²) in [5.41, 5.74) is 7.71. The summed E-state index contributed by atoms with van der Waals surface area (Å²) in [7, 11) is -3.73. The number of hydrogen-bond donors (Lipinski definition) is 2. The summed E-state index contributed by atoms with van der Waals surface area (Å²) in [6.07, 6.45) is 6.10. The number of primary amides is 1. The number of carbonyl (C=O) groups excluding carboxylic acids is 1. The van der Waals surface area contributed by atoms with Gasteiger partial charge in [0.2, 0.25) is 5.91 Å². The van der Waals surface area contributed by atoms with Gasteiger partial charge >= 0.3 is 0 Å². The Bertz CT molecular complexity index is 899. The van der Waals surface area contributed by atoms with Gasteiger partial charge in [-0.25, -0.2) is 8.42 Å². The monoisotopic (exact) mass is 372 g/mol. The Balaban J connectivity index is 1.82. The van der Waals surface area contributed by atoms with E-state index in [-0.39, 0.29) is 4.90 Å². The van der Waals surface area contributed by atoms with Crippen molar-refractivity contribution in [2.24, 2.45) is 5.73 Å².